The SMILES string of the molecule is Clc1cccc(N2CCN(c3cccc(N4CCNCC4)c3)CC2)c1. The van der Waals surface area contributed by atoms with E-state index in [1.165, 1.54) is 17.1 Å². The van der Waals surface area contributed by atoms with Crippen molar-refractivity contribution in [3.05, 3.63) is 53.6 Å². The summed E-state index contributed by atoms with van der Waals surface area (Å²) < 4.78 is 0. The van der Waals surface area contributed by atoms with E-state index in [1.54, 1.807) is 0 Å². The van der Waals surface area contributed by atoms with Crippen LogP contribution in [-0.2, 0) is 0 Å². The van der Waals surface area contributed by atoms with E-state index < -0.39 is 0 Å². The van der Waals surface area contributed by atoms with Crippen LogP contribution in [0.5, 0.6) is 0 Å². The van der Waals surface area contributed by atoms with E-state index >= 15 is 0 Å². The normalized spacial score (nSPS) is 18.5. The molecule has 132 valence electrons. The maximum absolute atomic E-state index is 6.13. The lowest BCUT2D eigenvalue weighted by atomic mass is 10.2. The molecule has 0 atom stereocenters. The second-order valence-electron chi connectivity index (χ2n) is 6.71. The van der Waals surface area contributed by atoms with Crippen molar-refractivity contribution < 1.29 is 0 Å². The molecule has 0 radical (unpaired) electrons. The van der Waals surface area contributed by atoms with Crippen LogP contribution in [0.2, 0.25) is 5.02 Å². The largest absolute Gasteiger partial charge is 0.369 e. The third-order valence-corrected chi connectivity index (χ3v) is 5.37. The molecule has 4 nitrogen and oxygen atoms in total. The number of benzene rings is 2. The van der Waals surface area contributed by atoms with Gasteiger partial charge < -0.3 is 20.0 Å². The molecule has 0 aliphatic carbocycles. The van der Waals surface area contributed by atoms with Crippen LogP contribution in [0.4, 0.5) is 17.1 Å². The Kier molecular flexibility index (Phi) is 4.99. The molecule has 2 heterocycles. The summed E-state index contributed by atoms with van der Waals surface area (Å²) in [6.07, 6.45) is 0. The first-order chi connectivity index (χ1) is 12.3. The summed E-state index contributed by atoms with van der Waals surface area (Å²) in [6.45, 7) is 8.45. The van der Waals surface area contributed by atoms with Crippen molar-refractivity contribution in [3.8, 4) is 0 Å². The Morgan fingerprint density at radius 3 is 1.68 bits per heavy atom. The third-order valence-electron chi connectivity index (χ3n) is 5.13. The molecule has 0 spiro atoms. The minimum Gasteiger partial charge on any atom is -0.369 e. The van der Waals surface area contributed by atoms with Crippen molar-refractivity contribution in [3.63, 3.8) is 0 Å². The smallest absolute Gasteiger partial charge is 0.0426 e. The zero-order valence-electron chi connectivity index (χ0n) is 14.5. The fourth-order valence-electron chi connectivity index (χ4n) is 3.71. The molecule has 0 amide bonds. The molecule has 0 bridgehead atoms. The molecule has 0 saturated carbocycles. The molecule has 2 aliphatic heterocycles. The number of hydrogen-bond acceptors (Lipinski definition) is 4. The van der Waals surface area contributed by atoms with Crippen LogP contribution in [0.15, 0.2) is 48.5 Å². The van der Waals surface area contributed by atoms with Crippen LogP contribution in [-0.4, -0.2) is 52.4 Å². The Balaban J connectivity index is 1.42. The van der Waals surface area contributed by atoms with Crippen LogP contribution >= 0.6 is 11.6 Å². The van der Waals surface area contributed by atoms with Gasteiger partial charge in [0.2, 0.25) is 0 Å². The molecule has 2 saturated heterocycles. The number of hydrogen-bond donors (Lipinski definition) is 1. The maximum atomic E-state index is 6.13. The van der Waals surface area contributed by atoms with Gasteiger partial charge in [0.15, 0.2) is 0 Å². The second-order valence-corrected chi connectivity index (χ2v) is 7.15. The van der Waals surface area contributed by atoms with E-state index in [1.807, 2.05) is 12.1 Å². The van der Waals surface area contributed by atoms with E-state index in [-0.39, 0.29) is 0 Å². The van der Waals surface area contributed by atoms with Gasteiger partial charge in [0.05, 0.1) is 0 Å². The molecule has 4 rings (SSSR count). The van der Waals surface area contributed by atoms with Crippen LogP contribution < -0.4 is 20.0 Å². The molecule has 5 heteroatoms. The molecule has 0 unspecified atom stereocenters. The minimum atomic E-state index is 0.809. The Hall–Kier alpha value is -1.91. The zero-order valence-corrected chi connectivity index (χ0v) is 15.3. The predicted octanol–water partition coefficient (Wildman–Crippen LogP) is 3.08. The molecule has 0 aromatic heterocycles. The van der Waals surface area contributed by atoms with Crippen molar-refractivity contribution in [1.29, 1.82) is 0 Å². The second kappa shape index (κ2) is 7.54. The van der Waals surface area contributed by atoms with Gasteiger partial charge in [0, 0.05) is 74.4 Å². The number of halogens is 1. The fourth-order valence-corrected chi connectivity index (χ4v) is 3.89. The van der Waals surface area contributed by atoms with Crippen molar-refractivity contribution >= 4 is 28.7 Å². The molecule has 2 aliphatic rings. The van der Waals surface area contributed by atoms with E-state index in [0.717, 1.165) is 57.4 Å². The highest BCUT2D eigenvalue weighted by atomic mass is 35.5. The van der Waals surface area contributed by atoms with Crippen molar-refractivity contribution in [2.75, 3.05) is 67.1 Å². The average Bonchev–Trinajstić information content (AvgIpc) is 2.69. The molecule has 2 aromatic carbocycles. The van der Waals surface area contributed by atoms with Crippen LogP contribution in [0.3, 0.4) is 0 Å². The van der Waals surface area contributed by atoms with Crippen molar-refractivity contribution in [2.24, 2.45) is 0 Å². The molecular weight excluding hydrogens is 332 g/mol. The first-order valence-corrected chi connectivity index (χ1v) is 9.48. The highest BCUT2D eigenvalue weighted by Crippen LogP contribution is 2.26. The quantitative estimate of drug-likeness (QED) is 0.912. The van der Waals surface area contributed by atoms with Gasteiger partial charge in [-0.25, -0.2) is 0 Å². The number of nitrogens with zero attached hydrogens (tertiary/aromatic N) is 3. The van der Waals surface area contributed by atoms with Crippen molar-refractivity contribution in [1.82, 2.24) is 5.32 Å². The third kappa shape index (κ3) is 3.86. The van der Waals surface area contributed by atoms with Gasteiger partial charge in [-0.15, -0.1) is 0 Å². The standard InChI is InChI=1S/C20H25ClN4/c21-17-3-1-4-18(15-17)24-11-13-25(14-12-24)20-6-2-5-19(16-20)23-9-7-22-8-10-23/h1-6,15-16,22H,7-14H2. The van der Waals surface area contributed by atoms with Gasteiger partial charge in [0.1, 0.15) is 0 Å². The zero-order chi connectivity index (χ0) is 17.1. The van der Waals surface area contributed by atoms with E-state index in [4.69, 9.17) is 11.6 Å². The summed E-state index contributed by atoms with van der Waals surface area (Å²) in [7, 11) is 0. The van der Waals surface area contributed by atoms with Crippen molar-refractivity contribution in [2.45, 2.75) is 0 Å². The Morgan fingerprint density at radius 1 is 0.640 bits per heavy atom. The monoisotopic (exact) mass is 356 g/mol. The fraction of sp³-hybridized carbons (Fsp3) is 0.400. The molecule has 2 aromatic rings. The lowest BCUT2D eigenvalue weighted by molar-refractivity contribution is 0.589. The van der Waals surface area contributed by atoms with E-state index in [9.17, 15) is 0 Å². The number of nitrogens with one attached hydrogen (secondary N) is 1. The van der Waals surface area contributed by atoms with Gasteiger partial charge in [-0.05, 0) is 36.4 Å². The summed E-state index contributed by atoms with van der Waals surface area (Å²) in [5.74, 6) is 0. The summed E-state index contributed by atoms with van der Waals surface area (Å²) in [6, 6.07) is 17.2. The van der Waals surface area contributed by atoms with Gasteiger partial charge >= 0.3 is 0 Å². The van der Waals surface area contributed by atoms with E-state index in [2.05, 4.69) is 56.4 Å². The topological polar surface area (TPSA) is 21.8 Å². The minimum absolute atomic E-state index is 0.809. The molecule has 2 fully saturated rings. The first-order valence-electron chi connectivity index (χ1n) is 9.11. The van der Waals surface area contributed by atoms with E-state index in [0.29, 0.717) is 0 Å². The van der Waals surface area contributed by atoms with Gasteiger partial charge in [0.25, 0.3) is 0 Å². The summed E-state index contributed by atoms with van der Waals surface area (Å²) in [5.41, 5.74) is 3.90. The van der Waals surface area contributed by atoms with Crippen LogP contribution in [0.1, 0.15) is 0 Å². The summed E-state index contributed by atoms with van der Waals surface area (Å²) >= 11 is 6.13. The number of rotatable bonds is 3. The highest BCUT2D eigenvalue weighted by Gasteiger charge is 2.19. The Labute approximate surface area is 155 Å². The number of piperazine rings is 2. The molecule has 1 N–H and O–H groups in total. The maximum Gasteiger partial charge on any atom is 0.0426 e. The van der Waals surface area contributed by atoms with Gasteiger partial charge in [-0.3, -0.25) is 0 Å². The summed E-state index contributed by atoms with van der Waals surface area (Å²) in [4.78, 5) is 7.39. The predicted molar refractivity (Wildman–Crippen MR) is 107 cm³/mol. The first kappa shape index (κ1) is 16.6. The molecular formula is C20H25ClN4. The molecule has 25 heavy (non-hydrogen) atoms. The van der Waals surface area contributed by atoms with Gasteiger partial charge in [-0.1, -0.05) is 23.7 Å². The highest BCUT2D eigenvalue weighted by molar-refractivity contribution is 6.30. The number of anilines is 3. The lowest BCUT2D eigenvalue weighted by Crippen LogP contribution is -2.46. The Morgan fingerprint density at radius 2 is 1.12 bits per heavy atom. The van der Waals surface area contributed by atoms with Gasteiger partial charge in [-0.2, -0.15) is 0 Å². The lowest BCUT2D eigenvalue weighted by Gasteiger charge is -2.38. The van der Waals surface area contributed by atoms with Crippen LogP contribution in [0.25, 0.3) is 0 Å². The average molecular weight is 357 g/mol. The van der Waals surface area contributed by atoms with Crippen LogP contribution in [0, 0.1) is 0 Å². The Bertz CT molecular complexity index is 706. The summed E-state index contributed by atoms with van der Waals surface area (Å²) in [5, 5.41) is 4.23.